The fourth-order valence-electron chi connectivity index (χ4n) is 2.48. The first-order chi connectivity index (χ1) is 7.65. The summed E-state index contributed by atoms with van der Waals surface area (Å²) in [7, 11) is 0. The van der Waals surface area contributed by atoms with Crippen LogP contribution in [-0.2, 0) is 4.74 Å². The molecule has 0 spiro atoms. The van der Waals surface area contributed by atoms with Crippen LogP contribution in [-0.4, -0.2) is 42.8 Å². The van der Waals surface area contributed by atoms with Gasteiger partial charge in [-0.15, -0.1) is 0 Å². The standard InChI is InChI=1S/C13H28N2O/c1-4-10-16-11-12(14)13(3,5-2)15-8-6-7-9-15/h12H,4-11,14H2,1-3H3. The van der Waals surface area contributed by atoms with Crippen molar-refractivity contribution in [2.75, 3.05) is 26.3 Å². The molecule has 0 bridgehead atoms. The van der Waals surface area contributed by atoms with E-state index in [4.69, 9.17) is 10.5 Å². The highest BCUT2D eigenvalue weighted by molar-refractivity contribution is 4.96. The van der Waals surface area contributed by atoms with Crippen molar-refractivity contribution < 1.29 is 4.74 Å². The van der Waals surface area contributed by atoms with Crippen molar-refractivity contribution in [3.63, 3.8) is 0 Å². The lowest BCUT2D eigenvalue weighted by atomic mass is 9.88. The van der Waals surface area contributed by atoms with Gasteiger partial charge in [-0.3, -0.25) is 4.90 Å². The van der Waals surface area contributed by atoms with Gasteiger partial charge >= 0.3 is 0 Å². The van der Waals surface area contributed by atoms with Gasteiger partial charge in [-0.25, -0.2) is 0 Å². The molecule has 16 heavy (non-hydrogen) atoms. The predicted octanol–water partition coefficient (Wildman–Crippen LogP) is 2.00. The first kappa shape index (κ1) is 13.9. The van der Waals surface area contributed by atoms with Crippen LogP contribution in [0.1, 0.15) is 46.5 Å². The van der Waals surface area contributed by atoms with E-state index in [0.29, 0.717) is 6.61 Å². The second-order valence-electron chi connectivity index (χ2n) is 5.09. The van der Waals surface area contributed by atoms with Crippen molar-refractivity contribution >= 4 is 0 Å². The Bertz CT molecular complexity index is 192. The Morgan fingerprint density at radius 3 is 2.44 bits per heavy atom. The van der Waals surface area contributed by atoms with Gasteiger partial charge in [0.1, 0.15) is 0 Å². The van der Waals surface area contributed by atoms with E-state index in [1.165, 1.54) is 25.9 Å². The van der Waals surface area contributed by atoms with Gasteiger partial charge in [-0.05, 0) is 45.7 Å². The average molecular weight is 228 g/mol. The molecule has 0 aromatic rings. The molecule has 3 nitrogen and oxygen atoms in total. The van der Waals surface area contributed by atoms with Crippen LogP contribution in [0, 0.1) is 0 Å². The van der Waals surface area contributed by atoms with E-state index in [0.717, 1.165) is 19.4 Å². The molecule has 0 aromatic heterocycles. The SMILES string of the molecule is CCCOCC(N)C(C)(CC)N1CCCC1. The Hall–Kier alpha value is -0.120. The molecule has 2 N–H and O–H groups in total. The fraction of sp³-hybridized carbons (Fsp3) is 1.00. The van der Waals surface area contributed by atoms with Crippen molar-refractivity contribution in [1.29, 1.82) is 0 Å². The summed E-state index contributed by atoms with van der Waals surface area (Å²) in [4.78, 5) is 2.55. The Labute approximate surface area is 100 Å². The average Bonchev–Trinajstić information content (AvgIpc) is 2.82. The lowest BCUT2D eigenvalue weighted by Crippen LogP contribution is -2.58. The third-order valence-electron chi connectivity index (χ3n) is 3.99. The lowest BCUT2D eigenvalue weighted by Gasteiger charge is -2.42. The maximum atomic E-state index is 6.32. The predicted molar refractivity (Wildman–Crippen MR) is 68.6 cm³/mol. The molecule has 1 saturated heterocycles. The number of nitrogens with two attached hydrogens (primary N) is 1. The second-order valence-corrected chi connectivity index (χ2v) is 5.09. The summed E-state index contributed by atoms with van der Waals surface area (Å²) >= 11 is 0. The van der Waals surface area contributed by atoms with Crippen molar-refractivity contribution in [2.24, 2.45) is 5.73 Å². The maximum Gasteiger partial charge on any atom is 0.0635 e. The van der Waals surface area contributed by atoms with Crippen molar-refractivity contribution in [2.45, 2.75) is 58.0 Å². The Morgan fingerprint density at radius 2 is 1.94 bits per heavy atom. The zero-order valence-electron chi connectivity index (χ0n) is 11.2. The minimum absolute atomic E-state index is 0.115. The van der Waals surface area contributed by atoms with Crippen molar-refractivity contribution in [3.8, 4) is 0 Å². The number of hydrogen-bond acceptors (Lipinski definition) is 3. The molecular formula is C13H28N2O. The highest BCUT2D eigenvalue weighted by atomic mass is 16.5. The quantitative estimate of drug-likeness (QED) is 0.677. The Balaban J connectivity index is 2.48. The molecule has 2 unspecified atom stereocenters. The molecule has 0 amide bonds. The third kappa shape index (κ3) is 3.19. The van der Waals surface area contributed by atoms with Gasteiger partial charge in [0.15, 0.2) is 0 Å². The zero-order chi connectivity index (χ0) is 12.0. The molecule has 0 aliphatic carbocycles. The third-order valence-corrected chi connectivity index (χ3v) is 3.99. The van der Waals surface area contributed by atoms with Crippen LogP contribution in [0.4, 0.5) is 0 Å². The summed E-state index contributed by atoms with van der Waals surface area (Å²) in [6, 6.07) is 0.127. The summed E-state index contributed by atoms with van der Waals surface area (Å²) in [5.74, 6) is 0. The monoisotopic (exact) mass is 228 g/mol. The maximum absolute atomic E-state index is 6.32. The van der Waals surface area contributed by atoms with E-state index in [1.54, 1.807) is 0 Å². The van der Waals surface area contributed by atoms with E-state index in [-0.39, 0.29) is 11.6 Å². The van der Waals surface area contributed by atoms with E-state index in [1.807, 2.05) is 0 Å². The molecule has 2 atom stereocenters. The van der Waals surface area contributed by atoms with Crippen LogP contribution in [0.5, 0.6) is 0 Å². The molecule has 1 aliphatic heterocycles. The van der Waals surface area contributed by atoms with Crippen molar-refractivity contribution in [1.82, 2.24) is 4.90 Å². The van der Waals surface area contributed by atoms with Gasteiger partial charge in [0.2, 0.25) is 0 Å². The fourth-order valence-corrected chi connectivity index (χ4v) is 2.48. The van der Waals surface area contributed by atoms with E-state index in [2.05, 4.69) is 25.7 Å². The molecule has 1 rings (SSSR count). The van der Waals surface area contributed by atoms with Gasteiger partial charge in [0.25, 0.3) is 0 Å². The molecule has 3 heteroatoms. The molecule has 1 aliphatic rings. The molecule has 96 valence electrons. The van der Waals surface area contributed by atoms with Crippen LogP contribution >= 0.6 is 0 Å². The minimum atomic E-state index is 0.115. The number of rotatable bonds is 7. The van der Waals surface area contributed by atoms with Crippen LogP contribution < -0.4 is 5.73 Å². The van der Waals surface area contributed by atoms with E-state index >= 15 is 0 Å². The molecule has 0 aromatic carbocycles. The minimum Gasteiger partial charge on any atom is -0.380 e. The highest BCUT2D eigenvalue weighted by Gasteiger charge is 2.37. The van der Waals surface area contributed by atoms with Crippen LogP contribution in [0.2, 0.25) is 0 Å². The zero-order valence-corrected chi connectivity index (χ0v) is 11.2. The largest absolute Gasteiger partial charge is 0.380 e. The van der Waals surface area contributed by atoms with Crippen LogP contribution in [0.25, 0.3) is 0 Å². The van der Waals surface area contributed by atoms with Gasteiger partial charge in [-0.2, -0.15) is 0 Å². The Morgan fingerprint density at radius 1 is 1.31 bits per heavy atom. The summed E-state index contributed by atoms with van der Waals surface area (Å²) in [6.07, 6.45) is 4.80. The number of hydrogen-bond donors (Lipinski definition) is 1. The van der Waals surface area contributed by atoms with E-state index in [9.17, 15) is 0 Å². The van der Waals surface area contributed by atoms with Gasteiger partial charge in [0.05, 0.1) is 6.61 Å². The highest BCUT2D eigenvalue weighted by Crippen LogP contribution is 2.27. The number of nitrogens with zero attached hydrogens (tertiary/aromatic N) is 1. The summed E-state index contributed by atoms with van der Waals surface area (Å²) in [6.45, 7) is 10.6. The second kappa shape index (κ2) is 6.58. The molecule has 0 saturated carbocycles. The van der Waals surface area contributed by atoms with Crippen LogP contribution in [0.3, 0.4) is 0 Å². The first-order valence-electron chi connectivity index (χ1n) is 6.73. The summed E-state index contributed by atoms with van der Waals surface area (Å²) in [5.41, 5.74) is 6.43. The van der Waals surface area contributed by atoms with Crippen LogP contribution in [0.15, 0.2) is 0 Å². The lowest BCUT2D eigenvalue weighted by molar-refractivity contribution is 0.0392. The molecule has 1 fully saturated rings. The number of likely N-dealkylation sites (tertiary alicyclic amines) is 1. The van der Waals surface area contributed by atoms with E-state index < -0.39 is 0 Å². The van der Waals surface area contributed by atoms with Crippen molar-refractivity contribution in [3.05, 3.63) is 0 Å². The number of ether oxygens (including phenoxy) is 1. The Kier molecular flexibility index (Phi) is 5.73. The topological polar surface area (TPSA) is 38.5 Å². The van der Waals surface area contributed by atoms with Gasteiger partial charge in [0, 0.05) is 18.2 Å². The normalized spacial score (nSPS) is 23.2. The summed E-state index contributed by atoms with van der Waals surface area (Å²) < 4.78 is 5.60. The van der Waals surface area contributed by atoms with Gasteiger partial charge in [-0.1, -0.05) is 13.8 Å². The molecule has 0 radical (unpaired) electrons. The molecular weight excluding hydrogens is 200 g/mol. The smallest absolute Gasteiger partial charge is 0.0635 e. The molecule has 1 heterocycles. The summed E-state index contributed by atoms with van der Waals surface area (Å²) in [5, 5.41) is 0. The van der Waals surface area contributed by atoms with Gasteiger partial charge < -0.3 is 10.5 Å². The first-order valence-corrected chi connectivity index (χ1v) is 6.73.